The Labute approximate surface area is 130 Å². The van der Waals surface area contributed by atoms with E-state index in [0.29, 0.717) is 13.0 Å². The summed E-state index contributed by atoms with van der Waals surface area (Å²) in [6, 6.07) is 10.3. The van der Waals surface area contributed by atoms with Crippen LogP contribution in [-0.4, -0.2) is 10.9 Å². The van der Waals surface area contributed by atoms with Gasteiger partial charge >= 0.3 is 0 Å². The molecule has 0 spiro atoms. The van der Waals surface area contributed by atoms with Crippen molar-refractivity contribution in [3.8, 4) is 0 Å². The molecule has 0 saturated heterocycles. The van der Waals surface area contributed by atoms with Gasteiger partial charge in [0, 0.05) is 23.9 Å². The van der Waals surface area contributed by atoms with E-state index in [2.05, 4.69) is 43.2 Å². The smallest absolute Gasteiger partial charge is 0.220 e. The standard InChI is InChI=1S/C17H22N2OS/c1-17(2,3)10-15(20)18-12-16-19-11-14(21-16)9-13-7-5-4-6-8-13/h4-8,11H,9-10,12H2,1-3H3,(H,18,20). The minimum absolute atomic E-state index is 0.0193. The van der Waals surface area contributed by atoms with Gasteiger partial charge in [-0.2, -0.15) is 0 Å². The Hall–Kier alpha value is -1.68. The van der Waals surface area contributed by atoms with Gasteiger partial charge in [0.25, 0.3) is 0 Å². The molecule has 0 aliphatic heterocycles. The summed E-state index contributed by atoms with van der Waals surface area (Å²) in [6.45, 7) is 6.71. The summed E-state index contributed by atoms with van der Waals surface area (Å²) >= 11 is 1.66. The lowest BCUT2D eigenvalue weighted by Gasteiger charge is -2.16. The van der Waals surface area contributed by atoms with Crippen molar-refractivity contribution in [1.82, 2.24) is 10.3 Å². The number of aromatic nitrogens is 1. The lowest BCUT2D eigenvalue weighted by molar-refractivity contribution is -0.122. The first-order chi connectivity index (χ1) is 9.92. The fourth-order valence-electron chi connectivity index (χ4n) is 2.03. The molecule has 1 aromatic carbocycles. The van der Waals surface area contributed by atoms with E-state index < -0.39 is 0 Å². The average Bonchev–Trinajstić information content (AvgIpc) is 2.83. The van der Waals surface area contributed by atoms with Crippen molar-refractivity contribution in [1.29, 1.82) is 0 Å². The lowest BCUT2D eigenvalue weighted by atomic mass is 9.92. The normalized spacial score (nSPS) is 11.4. The van der Waals surface area contributed by atoms with Gasteiger partial charge in [-0.15, -0.1) is 11.3 Å². The molecule has 0 atom stereocenters. The molecule has 112 valence electrons. The zero-order chi connectivity index (χ0) is 15.3. The highest BCUT2D eigenvalue weighted by atomic mass is 32.1. The van der Waals surface area contributed by atoms with E-state index in [9.17, 15) is 4.79 Å². The maximum Gasteiger partial charge on any atom is 0.220 e. The summed E-state index contributed by atoms with van der Waals surface area (Å²) in [5.74, 6) is 0.0855. The van der Waals surface area contributed by atoms with Crippen molar-refractivity contribution in [2.24, 2.45) is 5.41 Å². The fourth-order valence-corrected chi connectivity index (χ4v) is 2.92. The Morgan fingerprint density at radius 1 is 1.24 bits per heavy atom. The first kappa shape index (κ1) is 15.7. The van der Waals surface area contributed by atoms with E-state index in [-0.39, 0.29) is 11.3 Å². The molecule has 0 bridgehead atoms. The second kappa shape index (κ2) is 6.85. The van der Waals surface area contributed by atoms with Crippen LogP contribution in [0.3, 0.4) is 0 Å². The van der Waals surface area contributed by atoms with Gasteiger partial charge in [-0.25, -0.2) is 4.98 Å². The molecular formula is C17H22N2OS. The van der Waals surface area contributed by atoms with Crippen LogP contribution in [0.5, 0.6) is 0 Å². The molecule has 1 amide bonds. The molecule has 2 aromatic rings. The Kier molecular flexibility index (Phi) is 5.12. The van der Waals surface area contributed by atoms with E-state index in [4.69, 9.17) is 0 Å². The van der Waals surface area contributed by atoms with E-state index in [1.54, 1.807) is 11.3 Å². The molecule has 1 heterocycles. The van der Waals surface area contributed by atoms with Crippen LogP contribution in [0.4, 0.5) is 0 Å². The van der Waals surface area contributed by atoms with Gasteiger partial charge in [0.1, 0.15) is 5.01 Å². The summed E-state index contributed by atoms with van der Waals surface area (Å²) in [4.78, 5) is 17.4. The van der Waals surface area contributed by atoms with Gasteiger partial charge in [0.15, 0.2) is 0 Å². The maximum absolute atomic E-state index is 11.8. The molecule has 0 saturated carbocycles. The van der Waals surface area contributed by atoms with Gasteiger partial charge in [-0.05, 0) is 11.0 Å². The third-order valence-corrected chi connectivity index (χ3v) is 3.95. The fraction of sp³-hybridized carbons (Fsp3) is 0.412. The number of hydrogen-bond donors (Lipinski definition) is 1. The highest BCUT2D eigenvalue weighted by molar-refractivity contribution is 7.11. The van der Waals surface area contributed by atoms with Crippen molar-refractivity contribution >= 4 is 17.2 Å². The summed E-state index contributed by atoms with van der Waals surface area (Å²) in [5.41, 5.74) is 1.30. The Bertz CT molecular complexity index is 584. The zero-order valence-electron chi connectivity index (χ0n) is 12.8. The number of nitrogens with one attached hydrogen (secondary N) is 1. The van der Waals surface area contributed by atoms with Gasteiger partial charge in [0.05, 0.1) is 6.54 Å². The molecule has 4 heteroatoms. The van der Waals surface area contributed by atoms with Gasteiger partial charge in [0.2, 0.25) is 5.91 Å². The third-order valence-electron chi connectivity index (χ3n) is 2.95. The highest BCUT2D eigenvalue weighted by Gasteiger charge is 2.15. The van der Waals surface area contributed by atoms with Crippen LogP contribution >= 0.6 is 11.3 Å². The van der Waals surface area contributed by atoms with Crippen LogP contribution in [0, 0.1) is 5.41 Å². The molecular weight excluding hydrogens is 280 g/mol. The number of thiazole rings is 1. The molecule has 0 aliphatic rings. The van der Waals surface area contributed by atoms with Crippen LogP contribution in [0.25, 0.3) is 0 Å². The van der Waals surface area contributed by atoms with Crippen LogP contribution in [0.1, 0.15) is 42.6 Å². The summed E-state index contributed by atoms with van der Waals surface area (Å²) < 4.78 is 0. The number of hydrogen-bond acceptors (Lipinski definition) is 3. The van der Waals surface area contributed by atoms with Crippen molar-refractivity contribution in [3.63, 3.8) is 0 Å². The minimum Gasteiger partial charge on any atom is -0.350 e. The predicted molar refractivity (Wildman–Crippen MR) is 87.3 cm³/mol. The number of nitrogens with zero attached hydrogens (tertiary/aromatic N) is 1. The minimum atomic E-state index is 0.0193. The number of carbonyl (C=O) groups is 1. The Morgan fingerprint density at radius 3 is 2.62 bits per heavy atom. The van der Waals surface area contributed by atoms with E-state index in [1.165, 1.54) is 10.4 Å². The van der Waals surface area contributed by atoms with Crippen molar-refractivity contribution in [2.75, 3.05) is 0 Å². The summed E-state index contributed by atoms with van der Waals surface area (Å²) in [7, 11) is 0. The topological polar surface area (TPSA) is 42.0 Å². The van der Waals surface area contributed by atoms with Crippen molar-refractivity contribution < 1.29 is 4.79 Å². The molecule has 0 aliphatic carbocycles. The number of rotatable bonds is 5. The molecule has 0 fully saturated rings. The SMILES string of the molecule is CC(C)(C)CC(=O)NCc1ncc(Cc2ccccc2)s1. The Balaban J connectivity index is 1.85. The van der Waals surface area contributed by atoms with Crippen molar-refractivity contribution in [2.45, 2.75) is 40.2 Å². The van der Waals surface area contributed by atoms with E-state index in [0.717, 1.165) is 11.4 Å². The van der Waals surface area contributed by atoms with Gasteiger partial charge in [-0.1, -0.05) is 51.1 Å². The second-order valence-electron chi connectivity index (χ2n) is 6.40. The summed E-state index contributed by atoms with van der Waals surface area (Å²) in [6.07, 6.45) is 3.34. The first-order valence-corrected chi connectivity index (χ1v) is 7.98. The zero-order valence-corrected chi connectivity index (χ0v) is 13.7. The molecule has 1 aromatic heterocycles. The number of amides is 1. The molecule has 1 N–H and O–H groups in total. The van der Waals surface area contributed by atoms with Crippen LogP contribution in [0.2, 0.25) is 0 Å². The van der Waals surface area contributed by atoms with E-state index in [1.807, 2.05) is 24.4 Å². The second-order valence-corrected chi connectivity index (χ2v) is 7.60. The van der Waals surface area contributed by atoms with Gasteiger partial charge in [-0.3, -0.25) is 4.79 Å². The van der Waals surface area contributed by atoms with Gasteiger partial charge < -0.3 is 5.32 Å². The monoisotopic (exact) mass is 302 g/mol. The molecule has 2 rings (SSSR count). The quantitative estimate of drug-likeness (QED) is 0.913. The number of carbonyl (C=O) groups excluding carboxylic acids is 1. The molecule has 3 nitrogen and oxygen atoms in total. The maximum atomic E-state index is 11.8. The largest absolute Gasteiger partial charge is 0.350 e. The molecule has 0 unspecified atom stereocenters. The first-order valence-electron chi connectivity index (χ1n) is 7.16. The van der Waals surface area contributed by atoms with Crippen LogP contribution < -0.4 is 5.32 Å². The third kappa shape index (κ3) is 5.68. The predicted octanol–water partition coefficient (Wildman–Crippen LogP) is 3.79. The van der Waals surface area contributed by atoms with Crippen LogP contribution in [0.15, 0.2) is 36.5 Å². The highest BCUT2D eigenvalue weighted by Crippen LogP contribution is 2.19. The number of benzene rings is 1. The molecule has 0 radical (unpaired) electrons. The average molecular weight is 302 g/mol. The molecule has 21 heavy (non-hydrogen) atoms. The van der Waals surface area contributed by atoms with Crippen LogP contribution in [-0.2, 0) is 17.8 Å². The summed E-state index contributed by atoms with van der Waals surface area (Å²) in [5, 5.41) is 3.90. The van der Waals surface area contributed by atoms with Crippen molar-refractivity contribution in [3.05, 3.63) is 52.0 Å². The van der Waals surface area contributed by atoms with E-state index >= 15 is 0 Å². The Morgan fingerprint density at radius 2 is 1.95 bits per heavy atom. The lowest BCUT2D eigenvalue weighted by Crippen LogP contribution is -2.27.